The van der Waals surface area contributed by atoms with Gasteiger partial charge in [0.25, 0.3) is 5.91 Å². The van der Waals surface area contributed by atoms with Crippen LogP contribution in [-0.2, 0) is 16.1 Å². The van der Waals surface area contributed by atoms with Crippen LogP contribution in [0.15, 0.2) is 54.6 Å². The average Bonchev–Trinajstić information content (AvgIpc) is 3.38. The van der Waals surface area contributed by atoms with Gasteiger partial charge in [-0.1, -0.05) is 44.5 Å². The molecule has 224 valence electrons. The molecule has 2 fully saturated rings. The zero-order chi connectivity index (χ0) is 30.3. The van der Waals surface area contributed by atoms with E-state index in [1.54, 1.807) is 14.0 Å². The smallest absolute Gasteiger partial charge is 0.251 e. The molecule has 1 aliphatic carbocycles. The molecule has 1 unspecified atom stereocenters. The number of hydrogen-bond acceptors (Lipinski definition) is 7. The number of nitrogens with one attached hydrogen (secondary N) is 1. The number of benzene rings is 2. The van der Waals surface area contributed by atoms with E-state index < -0.39 is 0 Å². The molecule has 1 aliphatic heterocycles. The normalized spacial score (nSPS) is 17.0. The largest absolute Gasteiger partial charge is 0.399 e. The number of methoxy groups -OCH3 is 1. The fraction of sp³-hybridized carbons (Fsp3) is 0.471. The van der Waals surface area contributed by atoms with Crippen molar-refractivity contribution in [3.05, 3.63) is 71.7 Å². The van der Waals surface area contributed by atoms with Crippen LogP contribution in [0.2, 0.25) is 0 Å². The van der Waals surface area contributed by atoms with Crippen LogP contribution in [0.25, 0.3) is 11.1 Å². The number of carbonyl (C=O) groups excluding carboxylic acids is 2. The van der Waals surface area contributed by atoms with E-state index in [-0.39, 0.29) is 23.1 Å². The number of nitrogens with zero attached hydrogens (tertiary/aromatic N) is 3. The average molecular weight is 572 g/mol. The predicted molar refractivity (Wildman–Crippen MR) is 168 cm³/mol. The minimum Gasteiger partial charge on any atom is -0.399 e. The number of Topliss-reactive ketones (excluding diaryl/α,β-unsaturated/α-hetero) is 1. The Balaban J connectivity index is 0.000000517. The highest BCUT2D eigenvalue weighted by atomic mass is 16.5. The first-order chi connectivity index (χ1) is 20.1. The molecule has 1 saturated heterocycles. The van der Waals surface area contributed by atoms with E-state index in [0.29, 0.717) is 17.9 Å². The summed E-state index contributed by atoms with van der Waals surface area (Å²) in [5.74, 6) is 2.21. The summed E-state index contributed by atoms with van der Waals surface area (Å²) < 4.78 is 4.85. The molecule has 1 atom stereocenters. The Morgan fingerprint density at radius 1 is 1.07 bits per heavy atom. The van der Waals surface area contributed by atoms with Crippen molar-refractivity contribution in [1.82, 2.24) is 15.3 Å². The van der Waals surface area contributed by atoms with Crippen LogP contribution in [0.3, 0.4) is 0 Å². The maximum atomic E-state index is 12.8. The third-order valence-electron chi connectivity index (χ3n) is 8.28. The van der Waals surface area contributed by atoms with E-state index in [9.17, 15) is 9.59 Å². The van der Waals surface area contributed by atoms with E-state index in [1.165, 1.54) is 25.7 Å². The van der Waals surface area contributed by atoms with Gasteiger partial charge in [0.05, 0.1) is 18.3 Å². The molecule has 8 heteroatoms. The van der Waals surface area contributed by atoms with Gasteiger partial charge >= 0.3 is 0 Å². The molecule has 1 saturated carbocycles. The van der Waals surface area contributed by atoms with Crippen molar-refractivity contribution >= 4 is 23.2 Å². The molecule has 5 rings (SSSR count). The number of nitrogens with two attached hydrogens (primary N) is 1. The van der Waals surface area contributed by atoms with Crippen molar-refractivity contribution in [3.63, 3.8) is 0 Å². The molecule has 1 amide bonds. The highest BCUT2D eigenvalue weighted by Crippen LogP contribution is 2.51. The topological polar surface area (TPSA) is 110 Å². The van der Waals surface area contributed by atoms with Crippen molar-refractivity contribution in [2.75, 3.05) is 30.9 Å². The molecule has 8 nitrogen and oxygen atoms in total. The maximum Gasteiger partial charge on any atom is 0.251 e. The Labute approximate surface area is 250 Å². The number of nitrogen functional groups attached to an aromatic ring is 1. The molecule has 1 spiro atoms. The van der Waals surface area contributed by atoms with Crippen molar-refractivity contribution in [3.8, 4) is 11.1 Å². The summed E-state index contributed by atoms with van der Waals surface area (Å²) in [6.07, 6.45) is 5.68. The quantitative estimate of drug-likeness (QED) is 0.304. The molecule has 42 heavy (non-hydrogen) atoms. The Hall–Kier alpha value is -3.78. The molecule has 3 aromatic rings. The van der Waals surface area contributed by atoms with Crippen LogP contribution in [0.5, 0.6) is 0 Å². The number of hydrogen-bond donors (Lipinski definition) is 2. The monoisotopic (exact) mass is 571 g/mol. The number of aryl methyl sites for hydroxylation is 1. The first-order valence-electron chi connectivity index (χ1n) is 14.9. The van der Waals surface area contributed by atoms with Crippen molar-refractivity contribution in [2.45, 2.75) is 72.4 Å². The molecule has 0 bridgehead atoms. The zero-order valence-electron chi connectivity index (χ0n) is 25.7. The second kappa shape index (κ2) is 13.9. The van der Waals surface area contributed by atoms with Crippen LogP contribution in [0, 0.1) is 18.3 Å². The van der Waals surface area contributed by atoms with E-state index >= 15 is 0 Å². The van der Waals surface area contributed by atoms with Gasteiger partial charge < -0.3 is 20.7 Å². The standard InChI is InChI=1S/C28H31N5O2.C6H14O/c1-18(34)25-15-28(12-3-13-28)17-33(25)26-14-24(31-19(2)32-26)16-30-27(35)22-6-4-20(5-7-22)21-8-10-23(29)11-9-21;1-6(2)4-5-7-3/h4-11,14,25H,3,12-13,15-17,29H2,1-2H3,(H,30,35);6H,4-5H2,1-3H3. The van der Waals surface area contributed by atoms with Gasteiger partial charge in [-0.3, -0.25) is 9.59 Å². The molecule has 2 heterocycles. The van der Waals surface area contributed by atoms with Crippen LogP contribution in [0.4, 0.5) is 11.5 Å². The summed E-state index contributed by atoms with van der Waals surface area (Å²) >= 11 is 0. The lowest BCUT2D eigenvalue weighted by atomic mass is 9.67. The van der Waals surface area contributed by atoms with Gasteiger partial charge in [-0.2, -0.15) is 0 Å². The summed E-state index contributed by atoms with van der Waals surface area (Å²) in [5.41, 5.74) is 10.1. The van der Waals surface area contributed by atoms with Gasteiger partial charge in [-0.25, -0.2) is 9.97 Å². The van der Waals surface area contributed by atoms with Gasteiger partial charge in [-0.05, 0) is 86.3 Å². The third-order valence-corrected chi connectivity index (χ3v) is 8.28. The van der Waals surface area contributed by atoms with Gasteiger partial charge in [0, 0.05) is 37.6 Å². The maximum absolute atomic E-state index is 12.8. The summed E-state index contributed by atoms with van der Waals surface area (Å²) in [4.78, 5) is 36.5. The van der Waals surface area contributed by atoms with Crippen molar-refractivity contribution in [1.29, 1.82) is 0 Å². The Bertz CT molecular complexity index is 1350. The number of aromatic nitrogens is 2. The SMILES string of the molecule is CC(=O)C1CC2(CCC2)CN1c1cc(CNC(=O)c2ccc(-c3ccc(N)cc3)cc2)nc(C)n1.COCCC(C)C. The lowest BCUT2D eigenvalue weighted by Gasteiger charge is -2.38. The third kappa shape index (κ3) is 7.94. The molecule has 3 N–H and O–H groups in total. The molecule has 2 aromatic carbocycles. The number of rotatable bonds is 9. The van der Waals surface area contributed by atoms with Crippen molar-refractivity contribution in [2.24, 2.45) is 11.3 Å². The lowest BCUT2D eigenvalue weighted by Crippen LogP contribution is -2.37. The summed E-state index contributed by atoms with van der Waals surface area (Å²) in [7, 11) is 1.74. The molecule has 2 aliphatic rings. The number of amides is 1. The fourth-order valence-electron chi connectivity index (χ4n) is 5.67. The summed E-state index contributed by atoms with van der Waals surface area (Å²) in [6, 6.07) is 16.9. The summed E-state index contributed by atoms with van der Waals surface area (Å²) in [5, 5.41) is 2.97. The minimum absolute atomic E-state index is 0.133. The highest BCUT2D eigenvalue weighted by molar-refractivity contribution is 5.94. The summed E-state index contributed by atoms with van der Waals surface area (Å²) in [6.45, 7) is 9.96. The van der Waals surface area contributed by atoms with Crippen LogP contribution < -0.4 is 16.0 Å². The van der Waals surface area contributed by atoms with E-state index in [4.69, 9.17) is 10.5 Å². The Kier molecular flexibility index (Phi) is 10.3. The Morgan fingerprint density at radius 2 is 1.71 bits per heavy atom. The van der Waals surface area contributed by atoms with Crippen molar-refractivity contribution < 1.29 is 14.3 Å². The van der Waals surface area contributed by atoms with E-state index in [2.05, 4.69) is 34.0 Å². The molecule has 0 radical (unpaired) electrons. The molecular formula is C34H45N5O3. The number of ketones is 1. The van der Waals surface area contributed by atoms with E-state index in [1.807, 2.05) is 61.5 Å². The van der Waals surface area contributed by atoms with Crippen LogP contribution in [0.1, 0.15) is 74.8 Å². The van der Waals surface area contributed by atoms with Crippen LogP contribution >= 0.6 is 0 Å². The van der Waals surface area contributed by atoms with E-state index in [0.717, 1.165) is 53.8 Å². The minimum atomic E-state index is -0.164. The zero-order valence-corrected chi connectivity index (χ0v) is 25.7. The van der Waals surface area contributed by atoms with Gasteiger partial charge in [0.1, 0.15) is 11.6 Å². The molecule has 1 aromatic heterocycles. The number of ether oxygens (including phenoxy) is 1. The predicted octanol–water partition coefficient (Wildman–Crippen LogP) is 5.98. The van der Waals surface area contributed by atoms with Gasteiger partial charge in [-0.15, -0.1) is 0 Å². The van der Waals surface area contributed by atoms with Gasteiger partial charge in [0.2, 0.25) is 0 Å². The first kappa shape index (κ1) is 31.2. The fourth-order valence-corrected chi connectivity index (χ4v) is 5.67. The van der Waals surface area contributed by atoms with Crippen LogP contribution in [-0.4, -0.2) is 48.0 Å². The molecular weight excluding hydrogens is 526 g/mol. The number of anilines is 2. The first-order valence-corrected chi connectivity index (χ1v) is 14.9. The number of carbonyl (C=O) groups is 2. The highest BCUT2D eigenvalue weighted by Gasteiger charge is 2.49. The lowest BCUT2D eigenvalue weighted by molar-refractivity contribution is -0.118. The second-order valence-electron chi connectivity index (χ2n) is 12.1. The van der Waals surface area contributed by atoms with Gasteiger partial charge in [0.15, 0.2) is 5.78 Å². The Morgan fingerprint density at radius 3 is 2.24 bits per heavy atom. The second-order valence-corrected chi connectivity index (χ2v) is 12.1.